The summed E-state index contributed by atoms with van der Waals surface area (Å²) in [5, 5.41) is -0.785. The summed E-state index contributed by atoms with van der Waals surface area (Å²) in [7, 11) is 0. The van der Waals surface area contributed by atoms with Crippen molar-refractivity contribution in [1.82, 2.24) is 4.98 Å². The van der Waals surface area contributed by atoms with E-state index in [1.54, 1.807) is 6.07 Å². The van der Waals surface area contributed by atoms with E-state index in [9.17, 15) is 9.59 Å². The topological polar surface area (TPSA) is 56.3 Å². The summed E-state index contributed by atoms with van der Waals surface area (Å²) in [5.74, 6) is -0.624. The van der Waals surface area contributed by atoms with Gasteiger partial charge in [0.2, 0.25) is 0 Å². The SMILES string of the molecule is O=C(OCc1ccccc1)c1cccnc1C(=O)Cl. The van der Waals surface area contributed by atoms with Gasteiger partial charge in [0.25, 0.3) is 5.24 Å². The maximum Gasteiger partial charge on any atom is 0.340 e. The maximum atomic E-state index is 11.9. The van der Waals surface area contributed by atoms with Crippen LogP contribution in [0, 0.1) is 0 Å². The molecule has 0 atom stereocenters. The van der Waals surface area contributed by atoms with Crippen molar-refractivity contribution in [1.29, 1.82) is 0 Å². The fraction of sp³-hybridized carbons (Fsp3) is 0.0714. The largest absolute Gasteiger partial charge is 0.457 e. The third-order valence-corrected chi connectivity index (χ3v) is 2.61. The Hall–Kier alpha value is -2.20. The molecule has 0 aliphatic carbocycles. The molecule has 19 heavy (non-hydrogen) atoms. The van der Waals surface area contributed by atoms with Gasteiger partial charge in [-0.3, -0.25) is 9.78 Å². The minimum absolute atomic E-state index is 0.0680. The molecule has 0 aliphatic rings. The van der Waals surface area contributed by atoms with Gasteiger partial charge in [-0.1, -0.05) is 30.3 Å². The zero-order valence-electron chi connectivity index (χ0n) is 9.88. The van der Waals surface area contributed by atoms with Crippen LogP contribution < -0.4 is 0 Å². The molecule has 1 aromatic heterocycles. The van der Waals surface area contributed by atoms with Crippen molar-refractivity contribution >= 4 is 22.8 Å². The van der Waals surface area contributed by atoms with Crippen molar-refractivity contribution in [3.8, 4) is 0 Å². The van der Waals surface area contributed by atoms with Crippen LogP contribution in [0.25, 0.3) is 0 Å². The van der Waals surface area contributed by atoms with Crippen molar-refractivity contribution in [2.75, 3.05) is 0 Å². The first kappa shape index (κ1) is 13.2. The highest BCUT2D eigenvalue weighted by atomic mass is 35.5. The lowest BCUT2D eigenvalue weighted by Gasteiger charge is -2.06. The van der Waals surface area contributed by atoms with E-state index in [0.29, 0.717) is 0 Å². The molecule has 0 spiro atoms. The molecule has 0 saturated carbocycles. The normalized spacial score (nSPS) is 9.95. The first-order valence-corrected chi connectivity index (χ1v) is 5.92. The summed E-state index contributed by atoms with van der Waals surface area (Å²) in [6.45, 7) is 0.129. The summed E-state index contributed by atoms with van der Waals surface area (Å²) in [6.07, 6.45) is 1.39. The van der Waals surface area contributed by atoms with E-state index in [4.69, 9.17) is 16.3 Å². The average molecular weight is 276 g/mol. The zero-order chi connectivity index (χ0) is 13.7. The van der Waals surface area contributed by atoms with Crippen molar-refractivity contribution < 1.29 is 14.3 Å². The lowest BCUT2D eigenvalue weighted by molar-refractivity contribution is 0.0470. The van der Waals surface area contributed by atoms with Crippen LogP contribution in [0.2, 0.25) is 0 Å². The molecule has 0 bridgehead atoms. The van der Waals surface area contributed by atoms with Crippen LogP contribution in [0.3, 0.4) is 0 Å². The number of halogens is 1. The molecule has 0 saturated heterocycles. The Morgan fingerprint density at radius 2 is 1.84 bits per heavy atom. The monoisotopic (exact) mass is 275 g/mol. The zero-order valence-corrected chi connectivity index (χ0v) is 10.6. The van der Waals surface area contributed by atoms with E-state index in [-0.39, 0.29) is 17.9 Å². The third kappa shape index (κ3) is 3.39. The summed E-state index contributed by atoms with van der Waals surface area (Å²) < 4.78 is 5.12. The number of carbonyl (C=O) groups excluding carboxylic acids is 2. The number of nitrogens with zero attached hydrogens (tertiary/aromatic N) is 1. The lowest BCUT2D eigenvalue weighted by Crippen LogP contribution is -2.11. The number of hydrogen-bond donors (Lipinski definition) is 0. The van der Waals surface area contributed by atoms with E-state index in [2.05, 4.69) is 4.98 Å². The molecule has 96 valence electrons. The fourth-order valence-corrected chi connectivity index (χ4v) is 1.68. The molecule has 2 aromatic rings. The van der Waals surface area contributed by atoms with Crippen LogP contribution in [0.1, 0.15) is 26.4 Å². The number of aromatic nitrogens is 1. The van der Waals surface area contributed by atoms with E-state index in [1.807, 2.05) is 30.3 Å². The van der Waals surface area contributed by atoms with E-state index in [1.165, 1.54) is 12.3 Å². The highest BCUT2D eigenvalue weighted by Gasteiger charge is 2.17. The quantitative estimate of drug-likeness (QED) is 0.636. The van der Waals surface area contributed by atoms with Crippen LogP contribution in [-0.2, 0) is 11.3 Å². The highest BCUT2D eigenvalue weighted by Crippen LogP contribution is 2.11. The summed E-state index contributed by atoms with van der Waals surface area (Å²) in [5.41, 5.74) is 0.833. The Labute approximate surface area is 115 Å². The maximum absolute atomic E-state index is 11.9. The summed E-state index contributed by atoms with van der Waals surface area (Å²) >= 11 is 5.36. The van der Waals surface area contributed by atoms with Gasteiger partial charge in [-0.05, 0) is 29.3 Å². The predicted octanol–water partition coefficient (Wildman–Crippen LogP) is 2.82. The second-order valence-corrected chi connectivity index (χ2v) is 4.08. The smallest absolute Gasteiger partial charge is 0.340 e. The molecule has 1 heterocycles. The second-order valence-electron chi connectivity index (χ2n) is 3.74. The Morgan fingerprint density at radius 3 is 2.53 bits per heavy atom. The molecule has 0 N–H and O–H groups in total. The molecule has 5 heteroatoms. The standard InChI is InChI=1S/C14H10ClNO3/c15-13(17)12-11(7-4-8-16-12)14(18)19-9-10-5-2-1-3-6-10/h1-8H,9H2. The van der Waals surface area contributed by atoms with Crippen LogP contribution in [0.15, 0.2) is 48.7 Å². The molecule has 0 amide bonds. The Balaban J connectivity index is 2.10. The number of hydrogen-bond acceptors (Lipinski definition) is 4. The van der Waals surface area contributed by atoms with Crippen LogP contribution >= 0.6 is 11.6 Å². The van der Waals surface area contributed by atoms with Gasteiger partial charge in [0, 0.05) is 6.20 Å². The molecular weight excluding hydrogens is 266 g/mol. The molecule has 0 fully saturated rings. The highest BCUT2D eigenvalue weighted by molar-refractivity contribution is 6.67. The van der Waals surface area contributed by atoms with E-state index < -0.39 is 11.2 Å². The average Bonchev–Trinajstić information content (AvgIpc) is 2.46. The molecule has 0 unspecified atom stereocenters. The number of esters is 1. The van der Waals surface area contributed by atoms with Gasteiger partial charge in [-0.2, -0.15) is 0 Å². The fourth-order valence-electron chi connectivity index (χ4n) is 1.53. The molecular formula is C14H10ClNO3. The number of pyridine rings is 1. The van der Waals surface area contributed by atoms with E-state index >= 15 is 0 Å². The molecule has 2 rings (SSSR count). The number of benzene rings is 1. The van der Waals surface area contributed by atoms with Crippen molar-refractivity contribution in [3.05, 3.63) is 65.5 Å². The van der Waals surface area contributed by atoms with Gasteiger partial charge in [0.1, 0.15) is 12.3 Å². The van der Waals surface area contributed by atoms with Gasteiger partial charge >= 0.3 is 5.97 Å². The van der Waals surface area contributed by atoms with Gasteiger partial charge in [0.15, 0.2) is 0 Å². The third-order valence-electron chi connectivity index (χ3n) is 2.43. The first-order valence-electron chi connectivity index (χ1n) is 5.54. The Kier molecular flexibility index (Phi) is 4.26. The Morgan fingerprint density at radius 1 is 1.11 bits per heavy atom. The molecule has 0 aliphatic heterocycles. The summed E-state index contributed by atoms with van der Waals surface area (Å²) in [6, 6.07) is 12.2. The molecule has 0 radical (unpaired) electrons. The van der Waals surface area contributed by atoms with Gasteiger partial charge < -0.3 is 4.74 Å². The Bertz CT molecular complexity index is 599. The first-order chi connectivity index (χ1) is 9.18. The number of rotatable bonds is 4. The van der Waals surface area contributed by atoms with Gasteiger partial charge in [-0.25, -0.2) is 4.79 Å². The van der Waals surface area contributed by atoms with E-state index in [0.717, 1.165) is 5.56 Å². The minimum Gasteiger partial charge on any atom is -0.457 e. The number of ether oxygens (including phenoxy) is 1. The van der Waals surface area contributed by atoms with Gasteiger partial charge in [0.05, 0.1) is 5.56 Å². The second kappa shape index (κ2) is 6.11. The van der Waals surface area contributed by atoms with Gasteiger partial charge in [-0.15, -0.1) is 0 Å². The van der Waals surface area contributed by atoms with Crippen molar-refractivity contribution in [3.63, 3.8) is 0 Å². The molecule has 4 nitrogen and oxygen atoms in total. The lowest BCUT2D eigenvalue weighted by atomic mass is 10.2. The van der Waals surface area contributed by atoms with Crippen LogP contribution in [-0.4, -0.2) is 16.2 Å². The predicted molar refractivity (Wildman–Crippen MR) is 70.0 cm³/mol. The minimum atomic E-state index is -0.785. The van der Waals surface area contributed by atoms with Crippen molar-refractivity contribution in [2.45, 2.75) is 6.61 Å². The number of carbonyl (C=O) groups is 2. The van der Waals surface area contributed by atoms with Crippen LogP contribution in [0.5, 0.6) is 0 Å². The van der Waals surface area contributed by atoms with Crippen molar-refractivity contribution in [2.24, 2.45) is 0 Å². The van der Waals surface area contributed by atoms with Crippen LogP contribution in [0.4, 0.5) is 0 Å². The summed E-state index contributed by atoms with van der Waals surface area (Å²) in [4.78, 5) is 26.8. The molecule has 1 aromatic carbocycles.